The number of nitrogens with zero attached hydrogens (tertiary/aromatic N) is 2. The molecular formula is C25H33N3O3S2. The number of aryl methyl sites for hydroxylation is 1. The van der Waals surface area contributed by atoms with Crippen LogP contribution in [0.25, 0.3) is 0 Å². The van der Waals surface area contributed by atoms with E-state index >= 15 is 0 Å². The molecule has 0 spiro atoms. The molecule has 2 heterocycles. The van der Waals surface area contributed by atoms with Gasteiger partial charge in [0.2, 0.25) is 10.0 Å². The van der Waals surface area contributed by atoms with Crippen LogP contribution < -0.4 is 5.32 Å². The molecule has 0 unspecified atom stereocenters. The lowest BCUT2D eigenvalue weighted by atomic mass is 10.1. The Morgan fingerprint density at radius 3 is 2.39 bits per heavy atom. The lowest BCUT2D eigenvalue weighted by Gasteiger charge is -2.26. The van der Waals surface area contributed by atoms with Gasteiger partial charge in [0.1, 0.15) is 0 Å². The van der Waals surface area contributed by atoms with Crippen molar-refractivity contribution in [3.8, 4) is 0 Å². The summed E-state index contributed by atoms with van der Waals surface area (Å²) in [5.41, 5.74) is 3.34. The van der Waals surface area contributed by atoms with Gasteiger partial charge >= 0.3 is 0 Å². The number of nitrogens with one attached hydrogen (secondary N) is 1. The Morgan fingerprint density at radius 2 is 1.70 bits per heavy atom. The van der Waals surface area contributed by atoms with Crippen molar-refractivity contribution in [1.82, 2.24) is 9.21 Å². The number of sulfonamides is 1. The molecule has 2 aliphatic heterocycles. The van der Waals surface area contributed by atoms with E-state index in [4.69, 9.17) is 0 Å². The molecular weight excluding hydrogens is 454 g/mol. The molecule has 2 aromatic carbocycles. The maximum Gasteiger partial charge on any atom is 0.255 e. The minimum atomic E-state index is -3.60. The molecule has 2 aliphatic rings. The predicted molar refractivity (Wildman–Crippen MR) is 135 cm³/mol. The molecule has 1 amide bonds. The molecule has 6 nitrogen and oxygen atoms in total. The summed E-state index contributed by atoms with van der Waals surface area (Å²) in [4.78, 5) is 15.6. The zero-order valence-electron chi connectivity index (χ0n) is 19.3. The molecule has 2 aromatic rings. The number of benzene rings is 2. The molecule has 2 saturated heterocycles. The van der Waals surface area contributed by atoms with Gasteiger partial charge in [0, 0.05) is 55.5 Å². The lowest BCUT2D eigenvalue weighted by molar-refractivity contribution is 0.102. The van der Waals surface area contributed by atoms with Crippen LogP contribution in [0.15, 0.2) is 47.4 Å². The number of thioether (sulfide) groups is 1. The third-order valence-electron chi connectivity index (χ3n) is 6.35. The summed E-state index contributed by atoms with van der Waals surface area (Å²) in [7, 11) is -3.60. The Kier molecular flexibility index (Phi) is 8.11. The fraction of sp³-hybridized carbons (Fsp3) is 0.480. The van der Waals surface area contributed by atoms with Gasteiger partial charge in [0.25, 0.3) is 5.91 Å². The first-order chi connectivity index (χ1) is 15.9. The van der Waals surface area contributed by atoms with Crippen molar-refractivity contribution in [2.45, 2.75) is 44.0 Å². The van der Waals surface area contributed by atoms with Crippen LogP contribution in [0.2, 0.25) is 0 Å². The quantitative estimate of drug-likeness (QED) is 0.656. The van der Waals surface area contributed by atoms with Crippen LogP contribution in [-0.2, 0) is 16.6 Å². The number of hydrogen-bond donors (Lipinski definition) is 1. The number of carbonyl (C=O) groups is 1. The molecule has 0 aliphatic carbocycles. The van der Waals surface area contributed by atoms with Crippen LogP contribution in [0.4, 0.5) is 5.69 Å². The molecule has 8 heteroatoms. The first-order valence-electron chi connectivity index (χ1n) is 11.7. The van der Waals surface area contributed by atoms with Crippen LogP contribution in [-0.4, -0.2) is 61.2 Å². The van der Waals surface area contributed by atoms with Crippen LogP contribution >= 0.6 is 11.8 Å². The van der Waals surface area contributed by atoms with E-state index in [2.05, 4.69) is 22.3 Å². The summed E-state index contributed by atoms with van der Waals surface area (Å²) in [6, 6.07) is 12.5. The van der Waals surface area contributed by atoms with E-state index in [0.717, 1.165) is 56.6 Å². The largest absolute Gasteiger partial charge is 0.322 e. The summed E-state index contributed by atoms with van der Waals surface area (Å²) in [6.45, 7) is 6.22. The van der Waals surface area contributed by atoms with E-state index in [0.29, 0.717) is 18.7 Å². The van der Waals surface area contributed by atoms with Crippen LogP contribution in [0.3, 0.4) is 0 Å². The first-order valence-corrected chi connectivity index (χ1v) is 14.3. The van der Waals surface area contributed by atoms with Gasteiger partial charge in [-0.2, -0.15) is 16.1 Å². The highest BCUT2D eigenvalue weighted by atomic mass is 32.2. The van der Waals surface area contributed by atoms with Gasteiger partial charge < -0.3 is 5.32 Å². The van der Waals surface area contributed by atoms with Crippen molar-refractivity contribution in [2.75, 3.05) is 43.0 Å². The Bertz CT molecular complexity index is 1070. The van der Waals surface area contributed by atoms with Gasteiger partial charge in [-0.1, -0.05) is 31.0 Å². The lowest BCUT2D eigenvalue weighted by Crippen LogP contribution is -2.32. The predicted octanol–water partition coefficient (Wildman–Crippen LogP) is 4.36. The van der Waals surface area contributed by atoms with E-state index in [-0.39, 0.29) is 10.8 Å². The van der Waals surface area contributed by atoms with Crippen molar-refractivity contribution in [1.29, 1.82) is 0 Å². The minimum Gasteiger partial charge on any atom is -0.322 e. The van der Waals surface area contributed by atoms with Crippen LogP contribution in [0.5, 0.6) is 0 Å². The fourth-order valence-electron chi connectivity index (χ4n) is 4.41. The zero-order valence-corrected chi connectivity index (χ0v) is 20.9. The Labute approximate surface area is 201 Å². The molecule has 0 atom stereocenters. The van der Waals surface area contributed by atoms with Crippen molar-refractivity contribution < 1.29 is 13.2 Å². The van der Waals surface area contributed by atoms with Crippen molar-refractivity contribution in [2.24, 2.45) is 0 Å². The molecule has 0 aromatic heterocycles. The van der Waals surface area contributed by atoms with Gasteiger partial charge in [-0.15, -0.1) is 0 Å². The maximum absolute atomic E-state index is 13.1. The first kappa shape index (κ1) is 24.3. The van der Waals surface area contributed by atoms with Crippen molar-refractivity contribution >= 4 is 33.4 Å². The average Bonchev–Trinajstić information content (AvgIpc) is 3.12. The molecule has 2 fully saturated rings. The molecule has 0 bridgehead atoms. The summed E-state index contributed by atoms with van der Waals surface area (Å²) in [5, 5.41) is 2.96. The second kappa shape index (κ2) is 11.0. The van der Waals surface area contributed by atoms with Gasteiger partial charge in [-0.3, -0.25) is 9.69 Å². The topological polar surface area (TPSA) is 69.7 Å². The van der Waals surface area contributed by atoms with E-state index in [1.807, 2.05) is 24.8 Å². The highest BCUT2D eigenvalue weighted by Gasteiger charge is 2.26. The molecule has 4 rings (SSSR count). The third-order valence-corrected chi connectivity index (χ3v) is 9.19. The van der Waals surface area contributed by atoms with Crippen molar-refractivity contribution in [3.63, 3.8) is 0 Å². The smallest absolute Gasteiger partial charge is 0.255 e. The third kappa shape index (κ3) is 6.18. The Morgan fingerprint density at radius 1 is 0.970 bits per heavy atom. The summed E-state index contributed by atoms with van der Waals surface area (Å²) >= 11 is 2.00. The zero-order chi connectivity index (χ0) is 23.3. The van der Waals surface area contributed by atoms with E-state index in [1.54, 1.807) is 22.5 Å². The maximum atomic E-state index is 13.1. The highest BCUT2D eigenvalue weighted by molar-refractivity contribution is 7.99. The molecule has 1 N–H and O–H groups in total. The highest BCUT2D eigenvalue weighted by Crippen LogP contribution is 2.23. The Hall–Kier alpha value is -1.87. The fourth-order valence-corrected chi connectivity index (χ4v) is 6.95. The molecule has 0 radical (unpaired) electrons. The van der Waals surface area contributed by atoms with Gasteiger partial charge in [-0.25, -0.2) is 8.42 Å². The van der Waals surface area contributed by atoms with Gasteiger partial charge in [0.15, 0.2) is 0 Å². The number of rotatable bonds is 6. The molecule has 33 heavy (non-hydrogen) atoms. The number of anilines is 1. The summed E-state index contributed by atoms with van der Waals surface area (Å²) in [6.07, 6.45) is 3.88. The van der Waals surface area contributed by atoms with Crippen molar-refractivity contribution in [3.05, 3.63) is 59.2 Å². The normalized spacial score (nSPS) is 18.6. The van der Waals surface area contributed by atoms with Gasteiger partial charge in [-0.05, 0) is 55.2 Å². The summed E-state index contributed by atoms with van der Waals surface area (Å²) in [5.74, 6) is 2.06. The second-order valence-electron chi connectivity index (χ2n) is 8.84. The van der Waals surface area contributed by atoms with E-state index in [9.17, 15) is 13.2 Å². The number of hydrogen-bond acceptors (Lipinski definition) is 5. The van der Waals surface area contributed by atoms with Crippen LogP contribution in [0.1, 0.15) is 47.2 Å². The van der Waals surface area contributed by atoms with E-state index < -0.39 is 10.0 Å². The number of amides is 1. The molecule has 0 saturated carbocycles. The standard InChI is InChI=1S/C25H33N3O3S2/c1-20-17-21(19-27-13-15-32-16-14-27)9-10-24(20)26-25(29)22-7-6-8-23(18-22)33(30,31)28-11-4-2-3-5-12-28/h6-10,17-18H,2-5,11-16,19H2,1H3,(H,26,29). The van der Waals surface area contributed by atoms with Gasteiger partial charge in [0.05, 0.1) is 4.90 Å². The summed E-state index contributed by atoms with van der Waals surface area (Å²) < 4.78 is 27.8. The Balaban J connectivity index is 1.45. The van der Waals surface area contributed by atoms with E-state index in [1.165, 1.54) is 23.1 Å². The second-order valence-corrected chi connectivity index (χ2v) is 12.0. The monoisotopic (exact) mass is 487 g/mol. The number of carbonyl (C=O) groups excluding carboxylic acids is 1. The SMILES string of the molecule is Cc1cc(CN2CCSCC2)ccc1NC(=O)c1cccc(S(=O)(=O)N2CCCCCC2)c1. The molecule has 178 valence electrons. The average molecular weight is 488 g/mol. The minimum absolute atomic E-state index is 0.184. The van der Waals surface area contributed by atoms with Crippen LogP contribution in [0, 0.1) is 6.92 Å².